The van der Waals surface area contributed by atoms with Crippen LogP contribution in [0.3, 0.4) is 0 Å². The van der Waals surface area contributed by atoms with Gasteiger partial charge in [-0.3, -0.25) is 9.80 Å². The van der Waals surface area contributed by atoms with Crippen molar-refractivity contribution in [2.24, 2.45) is 0 Å². The first-order chi connectivity index (χ1) is 10.9. The molecule has 22 heavy (non-hydrogen) atoms. The van der Waals surface area contributed by atoms with Crippen molar-refractivity contribution in [3.63, 3.8) is 0 Å². The molecule has 1 aromatic rings. The van der Waals surface area contributed by atoms with E-state index in [9.17, 15) is 5.11 Å². The lowest BCUT2D eigenvalue weighted by Gasteiger charge is -2.46. The first kappa shape index (κ1) is 16.0. The highest BCUT2D eigenvalue weighted by molar-refractivity contribution is 5.14. The summed E-state index contributed by atoms with van der Waals surface area (Å²) in [5, 5.41) is 9.47. The summed E-state index contributed by atoms with van der Waals surface area (Å²) in [5.74, 6) is 0. The molecule has 2 fully saturated rings. The number of rotatable bonds is 5. The molecule has 1 aliphatic carbocycles. The van der Waals surface area contributed by atoms with E-state index in [1.807, 2.05) is 0 Å². The Morgan fingerprint density at radius 3 is 2.50 bits per heavy atom. The first-order valence-electron chi connectivity index (χ1n) is 8.99. The number of hydrogen-bond donors (Lipinski definition) is 1. The van der Waals surface area contributed by atoms with Gasteiger partial charge in [-0.15, -0.1) is 0 Å². The summed E-state index contributed by atoms with van der Waals surface area (Å²) in [6.45, 7) is 4.79. The Kier molecular flexibility index (Phi) is 5.88. The number of benzene rings is 1. The zero-order valence-corrected chi connectivity index (χ0v) is 13.7. The van der Waals surface area contributed by atoms with Crippen molar-refractivity contribution in [2.45, 2.75) is 57.2 Å². The van der Waals surface area contributed by atoms with Gasteiger partial charge in [-0.25, -0.2) is 0 Å². The van der Waals surface area contributed by atoms with Gasteiger partial charge in [0.05, 0.1) is 0 Å². The maximum absolute atomic E-state index is 9.47. The number of piperazine rings is 1. The lowest BCUT2D eigenvalue weighted by atomic mass is 9.91. The summed E-state index contributed by atoms with van der Waals surface area (Å²) in [5.41, 5.74) is 1.40. The van der Waals surface area contributed by atoms with E-state index < -0.39 is 0 Å². The molecule has 0 bridgehead atoms. The van der Waals surface area contributed by atoms with Crippen LogP contribution in [0.1, 0.15) is 44.1 Å². The molecule has 3 heteroatoms. The molecule has 2 aliphatic rings. The van der Waals surface area contributed by atoms with Crippen LogP contribution in [0.2, 0.25) is 0 Å². The molecular formula is C19H30N2O. The molecule has 1 aromatic carbocycles. The van der Waals surface area contributed by atoms with Gasteiger partial charge >= 0.3 is 0 Å². The van der Waals surface area contributed by atoms with Gasteiger partial charge in [-0.1, -0.05) is 49.6 Å². The lowest BCUT2D eigenvalue weighted by molar-refractivity contribution is 0.0137. The van der Waals surface area contributed by atoms with Crippen LogP contribution in [-0.2, 0) is 6.54 Å². The Morgan fingerprint density at radius 1 is 1.00 bits per heavy atom. The third-order valence-electron chi connectivity index (χ3n) is 5.37. The van der Waals surface area contributed by atoms with Crippen LogP contribution < -0.4 is 0 Å². The summed E-state index contributed by atoms with van der Waals surface area (Å²) >= 11 is 0. The molecule has 1 aliphatic heterocycles. The molecule has 1 atom stereocenters. The van der Waals surface area contributed by atoms with Crippen molar-refractivity contribution < 1.29 is 5.11 Å². The largest absolute Gasteiger partial charge is 0.396 e. The van der Waals surface area contributed by atoms with E-state index in [0.29, 0.717) is 12.6 Å². The minimum Gasteiger partial charge on any atom is -0.396 e. The number of nitrogens with zero attached hydrogens (tertiary/aromatic N) is 2. The fourth-order valence-corrected chi connectivity index (χ4v) is 4.22. The molecular weight excluding hydrogens is 272 g/mol. The maximum Gasteiger partial charge on any atom is 0.0446 e. The highest BCUT2D eigenvalue weighted by Crippen LogP contribution is 2.27. The predicted molar refractivity (Wildman–Crippen MR) is 90.8 cm³/mol. The van der Waals surface area contributed by atoms with Crippen molar-refractivity contribution in [3.8, 4) is 0 Å². The summed E-state index contributed by atoms with van der Waals surface area (Å²) in [4.78, 5) is 5.28. The molecule has 3 rings (SSSR count). The minimum atomic E-state index is 0.313. The van der Waals surface area contributed by atoms with E-state index in [4.69, 9.17) is 0 Å². The Bertz CT molecular complexity index is 430. The molecule has 0 amide bonds. The van der Waals surface area contributed by atoms with Crippen molar-refractivity contribution in [2.75, 3.05) is 26.2 Å². The summed E-state index contributed by atoms with van der Waals surface area (Å²) < 4.78 is 0. The number of aliphatic hydroxyl groups is 1. The van der Waals surface area contributed by atoms with Crippen molar-refractivity contribution in [1.82, 2.24) is 9.80 Å². The smallest absolute Gasteiger partial charge is 0.0446 e. The summed E-state index contributed by atoms with van der Waals surface area (Å²) in [6, 6.07) is 12.1. The Balaban J connectivity index is 1.60. The van der Waals surface area contributed by atoms with E-state index >= 15 is 0 Å². The van der Waals surface area contributed by atoms with E-state index in [2.05, 4.69) is 40.1 Å². The minimum absolute atomic E-state index is 0.313. The fraction of sp³-hybridized carbons (Fsp3) is 0.684. The highest BCUT2D eigenvalue weighted by atomic mass is 16.3. The Hall–Kier alpha value is -0.900. The molecule has 1 saturated carbocycles. The van der Waals surface area contributed by atoms with E-state index in [1.165, 1.54) is 44.2 Å². The van der Waals surface area contributed by atoms with Gasteiger partial charge in [0.15, 0.2) is 0 Å². The summed E-state index contributed by atoms with van der Waals surface area (Å²) in [6.07, 6.45) is 7.83. The van der Waals surface area contributed by atoms with E-state index in [0.717, 1.165) is 32.1 Å². The third-order valence-corrected chi connectivity index (χ3v) is 5.37. The SMILES string of the molecule is OCCC1CN(Cc2ccccc2)CCN1C1CCCCC1. The van der Waals surface area contributed by atoms with Gasteiger partial charge in [0.25, 0.3) is 0 Å². The van der Waals surface area contributed by atoms with Gasteiger partial charge in [-0.05, 0) is 24.8 Å². The number of aliphatic hydroxyl groups excluding tert-OH is 1. The topological polar surface area (TPSA) is 26.7 Å². The third kappa shape index (κ3) is 4.09. The van der Waals surface area contributed by atoms with Gasteiger partial charge in [0, 0.05) is 44.9 Å². The molecule has 1 unspecified atom stereocenters. The van der Waals surface area contributed by atoms with E-state index in [-0.39, 0.29) is 0 Å². The van der Waals surface area contributed by atoms with E-state index in [1.54, 1.807) is 0 Å². The molecule has 0 radical (unpaired) electrons. The highest BCUT2D eigenvalue weighted by Gasteiger charge is 2.32. The van der Waals surface area contributed by atoms with Crippen molar-refractivity contribution >= 4 is 0 Å². The van der Waals surface area contributed by atoms with Gasteiger partial charge in [0.2, 0.25) is 0 Å². The maximum atomic E-state index is 9.47. The lowest BCUT2D eigenvalue weighted by Crippen LogP contribution is -2.56. The van der Waals surface area contributed by atoms with Crippen LogP contribution in [0.15, 0.2) is 30.3 Å². The van der Waals surface area contributed by atoms with Crippen LogP contribution in [0.4, 0.5) is 0 Å². The average molecular weight is 302 g/mol. The zero-order valence-electron chi connectivity index (χ0n) is 13.7. The van der Waals surface area contributed by atoms with Gasteiger partial charge in [-0.2, -0.15) is 0 Å². The van der Waals surface area contributed by atoms with Gasteiger partial charge < -0.3 is 5.11 Å². The molecule has 1 saturated heterocycles. The van der Waals surface area contributed by atoms with Crippen LogP contribution in [0.5, 0.6) is 0 Å². The monoisotopic (exact) mass is 302 g/mol. The molecule has 1 N–H and O–H groups in total. The van der Waals surface area contributed by atoms with Crippen molar-refractivity contribution in [1.29, 1.82) is 0 Å². The average Bonchev–Trinajstić information content (AvgIpc) is 2.57. The Morgan fingerprint density at radius 2 is 1.77 bits per heavy atom. The normalized spacial score (nSPS) is 25.4. The number of hydrogen-bond acceptors (Lipinski definition) is 3. The van der Waals surface area contributed by atoms with Gasteiger partial charge in [0.1, 0.15) is 0 Å². The molecule has 3 nitrogen and oxygen atoms in total. The fourth-order valence-electron chi connectivity index (χ4n) is 4.22. The summed E-state index contributed by atoms with van der Waals surface area (Å²) in [7, 11) is 0. The predicted octanol–water partition coefficient (Wildman–Crippen LogP) is 2.89. The second-order valence-corrected chi connectivity index (χ2v) is 6.92. The second kappa shape index (κ2) is 8.09. The zero-order chi connectivity index (χ0) is 15.2. The standard InChI is InChI=1S/C19H30N2O/c22-14-11-19-16-20(15-17-7-3-1-4-8-17)12-13-21(19)18-9-5-2-6-10-18/h1,3-4,7-8,18-19,22H,2,5-6,9-16H2. The Labute approximate surface area is 134 Å². The molecule has 1 heterocycles. The molecule has 0 aromatic heterocycles. The molecule has 122 valence electrons. The first-order valence-corrected chi connectivity index (χ1v) is 8.99. The van der Waals surface area contributed by atoms with Crippen LogP contribution >= 0.6 is 0 Å². The van der Waals surface area contributed by atoms with Crippen LogP contribution in [0, 0.1) is 0 Å². The second-order valence-electron chi connectivity index (χ2n) is 6.92. The van der Waals surface area contributed by atoms with Crippen molar-refractivity contribution in [3.05, 3.63) is 35.9 Å². The van der Waals surface area contributed by atoms with Crippen LogP contribution in [0.25, 0.3) is 0 Å². The van der Waals surface area contributed by atoms with Crippen LogP contribution in [-0.4, -0.2) is 53.2 Å². The quantitative estimate of drug-likeness (QED) is 0.906. The molecule has 0 spiro atoms.